The fraction of sp³-hybridized carbons (Fsp3) is 0.542. The average molecular weight is 525 g/mol. The van der Waals surface area contributed by atoms with E-state index in [4.69, 9.17) is 24.5 Å². The number of fused-ring (bicyclic) bond motifs is 2. The largest absolute Gasteiger partial charge is 0.473 e. The Hall–Kier alpha value is -3.45. The van der Waals surface area contributed by atoms with Crippen molar-refractivity contribution in [3.8, 4) is 0 Å². The van der Waals surface area contributed by atoms with Crippen molar-refractivity contribution in [2.24, 2.45) is 7.05 Å². The third-order valence-electron chi connectivity index (χ3n) is 6.68. The molecule has 0 radical (unpaired) electrons. The Morgan fingerprint density at radius 2 is 1.76 bits per heavy atom. The summed E-state index contributed by atoms with van der Waals surface area (Å²) >= 11 is 0. The van der Waals surface area contributed by atoms with Gasteiger partial charge in [0.2, 0.25) is 0 Å². The molecule has 4 rings (SSSR count). The first-order valence-electron chi connectivity index (χ1n) is 11.8. The fourth-order valence-electron chi connectivity index (χ4n) is 4.82. The Balaban J connectivity index is 0.000000568. The minimum atomic E-state index is -1.82. The summed E-state index contributed by atoms with van der Waals surface area (Å²) in [6, 6.07) is 6.82. The molecular weight excluding hydrogens is 494 g/mol. The van der Waals surface area contributed by atoms with Gasteiger partial charge in [-0.2, -0.15) is 4.98 Å². The van der Waals surface area contributed by atoms with Gasteiger partial charge < -0.3 is 14.9 Å². The van der Waals surface area contributed by atoms with Gasteiger partial charge in [0.1, 0.15) is 17.8 Å². The van der Waals surface area contributed by atoms with Crippen molar-refractivity contribution >= 4 is 11.9 Å². The summed E-state index contributed by atoms with van der Waals surface area (Å²) in [6.07, 6.45) is 2.27. The summed E-state index contributed by atoms with van der Waals surface area (Å²) in [6.45, 7) is 1.81. The van der Waals surface area contributed by atoms with E-state index in [2.05, 4.69) is 9.88 Å². The highest BCUT2D eigenvalue weighted by molar-refractivity contribution is 6.27. The Kier molecular flexibility index (Phi) is 9.27. The van der Waals surface area contributed by atoms with Crippen LogP contribution >= 0.6 is 0 Å². The van der Waals surface area contributed by atoms with Crippen LogP contribution in [0.25, 0.3) is 0 Å². The summed E-state index contributed by atoms with van der Waals surface area (Å²) in [5.41, 5.74) is -0.458. The Morgan fingerprint density at radius 1 is 1.14 bits per heavy atom. The number of alkyl halides is 1. The van der Waals surface area contributed by atoms with Gasteiger partial charge in [-0.25, -0.2) is 32.5 Å². The van der Waals surface area contributed by atoms with Crippen LogP contribution in [0.3, 0.4) is 0 Å². The van der Waals surface area contributed by atoms with Gasteiger partial charge >= 0.3 is 23.3 Å². The van der Waals surface area contributed by atoms with E-state index >= 15 is 0 Å². The number of nitrogens with zero attached hydrogens (tertiary/aromatic N) is 4. The third kappa shape index (κ3) is 7.29. The molecule has 0 spiro atoms. The molecule has 2 bridgehead atoms. The minimum absolute atomic E-state index is 0.0614. The molecule has 2 fully saturated rings. The van der Waals surface area contributed by atoms with Gasteiger partial charge in [0.25, 0.3) is 0 Å². The third-order valence-corrected chi connectivity index (χ3v) is 6.68. The number of halogens is 2. The van der Waals surface area contributed by atoms with E-state index in [0.717, 1.165) is 35.8 Å². The molecule has 2 saturated heterocycles. The second-order valence-corrected chi connectivity index (χ2v) is 9.22. The van der Waals surface area contributed by atoms with E-state index in [1.54, 1.807) is 13.0 Å². The first-order chi connectivity index (χ1) is 17.5. The first kappa shape index (κ1) is 28.1. The fourth-order valence-corrected chi connectivity index (χ4v) is 4.82. The van der Waals surface area contributed by atoms with Crippen LogP contribution < -0.4 is 11.4 Å². The maximum absolute atomic E-state index is 14.9. The number of aryl methyl sites for hydroxylation is 1. The van der Waals surface area contributed by atoms with Gasteiger partial charge in [0.15, 0.2) is 0 Å². The van der Waals surface area contributed by atoms with E-state index in [1.807, 2.05) is 6.07 Å². The topological polar surface area (TPSA) is 144 Å². The van der Waals surface area contributed by atoms with Crippen LogP contribution in [-0.2, 0) is 34.5 Å². The Morgan fingerprint density at radius 3 is 2.32 bits per heavy atom. The molecule has 11 nitrogen and oxygen atoms in total. The number of piperidine rings is 1. The number of aromatic nitrogens is 3. The van der Waals surface area contributed by atoms with Crippen LogP contribution in [0.5, 0.6) is 0 Å². The zero-order chi connectivity index (χ0) is 27.3. The van der Waals surface area contributed by atoms with Crippen LogP contribution in [-0.4, -0.2) is 72.1 Å². The van der Waals surface area contributed by atoms with Crippen molar-refractivity contribution in [2.75, 3.05) is 6.54 Å². The van der Waals surface area contributed by atoms with E-state index in [1.165, 1.54) is 23.7 Å². The summed E-state index contributed by atoms with van der Waals surface area (Å²) in [7, 11) is 1.52. The number of carbonyl (C=O) groups is 2. The van der Waals surface area contributed by atoms with Crippen molar-refractivity contribution in [3.05, 3.63) is 62.4 Å². The van der Waals surface area contributed by atoms with Gasteiger partial charge in [-0.15, -0.1) is 0 Å². The molecule has 1 aromatic carbocycles. The molecule has 3 heterocycles. The monoisotopic (exact) mass is 524 g/mol. The molecule has 2 aliphatic heterocycles. The number of rotatable bonds is 7. The number of hydrogen-bond acceptors (Lipinski definition) is 7. The first-order valence-corrected chi connectivity index (χ1v) is 11.8. The minimum Gasteiger partial charge on any atom is -0.473 e. The second-order valence-electron chi connectivity index (χ2n) is 9.22. The van der Waals surface area contributed by atoms with Gasteiger partial charge in [0.05, 0.1) is 19.3 Å². The van der Waals surface area contributed by atoms with Crippen LogP contribution in [0.15, 0.2) is 33.9 Å². The van der Waals surface area contributed by atoms with Crippen molar-refractivity contribution in [3.63, 3.8) is 0 Å². The number of ether oxygens (including phenoxy) is 1. The lowest BCUT2D eigenvalue weighted by Gasteiger charge is -2.39. The second kappa shape index (κ2) is 12.2. The predicted molar refractivity (Wildman–Crippen MR) is 126 cm³/mol. The summed E-state index contributed by atoms with van der Waals surface area (Å²) < 4.78 is 36.4. The Labute approximate surface area is 210 Å². The predicted octanol–water partition coefficient (Wildman–Crippen LogP) is 1.10. The number of aliphatic carboxylic acids is 2. The lowest BCUT2D eigenvalue weighted by atomic mass is 9.99. The van der Waals surface area contributed by atoms with Crippen LogP contribution in [0.1, 0.15) is 37.1 Å². The van der Waals surface area contributed by atoms with Crippen molar-refractivity contribution in [2.45, 2.75) is 70.1 Å². The van der Waals surface area contributed by atoms with Crippen molar-refractivity contribution in [1.82, 2.24) is 19.0 Å². The Bertz CT molecular complexity index is 1220. The van der Waals surface area contributed by atoms with E-state index in [0.29, 0.717) is 12.4 Å². The normalized spacial score (nSPS) is 21.7. The van der Waals surface area contributed by atoms with E-state index in [9.17, 15) is 18.4 Å². The molecule has 0 saturated carbocycles. The molecule has 0 aliphatic carbocycles. The molecule has 2 aromatic rings. The lowest BCUT2D eigenvalue weighted by Crippen LogP contribution is -2.50. The number of carboxylic acids is 2. The number of hydrogen-bond donors (Lipinski definition) is 2. The number of benzene rings is 1. The highest BCUT2D eigenvalue weighted by atomic mass is 19.1. The molecule has 2 unspecified atom stereocenters. The lowest BCUT2D eigenvalue weighted by molar-refractivity contribution is -0.159. The van der Waals surface area contributed by atoms with Crippen LogP contribution in [0, 0.1) is 12.7 Å². The van der Waals surface area contributed by atoms with Gasteiger partial charge in [-0.1, -0.05) is 12.1 Å². The van der Waals surface area contributed by atoms with Crippen LogP contribution in [0.2, 0.25) is 0 Å². The number of carboxylic acid groups (broad SMARTS) is 2. The smallest absolute Gasteiger partial charge is 0.414 e. The SMILES string of the molecule is Cc1nc(=O)n(C[C@@H](F)CN2C3CCC2CC(OCc2cccc(F)c2)C3)c(=O)n1C.O=C(O)C(=O)O. The van der Waals surface area contributed by atoms with Crippen molar-refractivity contribution < 1.29 is 33.3 Å². The molecule has 37 heavy (non-hydrogen) atoms. The zero-order valence-corrected chi connectivity index (χ0v) is 20.5. The van der Waals surface area contributed by atoms with Crippen LogP contribution in [0.4, 0.5) is 8.78 Å². The van der Waals surface area contributed by atoms with E-state index < -0.39 is 29.5 Å². The highest BCUT2D eigenvalue weighted by Crippen LogP contribution is 2.37. The van der Waals surface area contributed by atoms with E-state index in [-0.39, 0.29) is 37.1 Å². The molecular formula is C24H30F2N4O7. The van der Waals surface area contributed by atoms with Crippen molar-refractivity contribution in [1.29, 1.82) is 0 Å². The molecule has 202 valence electrons. The summed E-state index contributed by atoms with van der Waals surface area (Å²) in [4.78, 5) is 48.5. The van der Waals surface area contributed by atoms with Gasteiger partial charge in [0, 0.05) is 25.7 Å². The summed E-state index contributed by atoms with van der Waals surface area (Å²) in [5, 5.41) is 14.8. The average Bonchev–Trinajstić information content (AvgIpc) is 3.06. The molecule has 2 N–H and O–H groups in total. The molecule has 1 aromatic heterocycles. The maximum atomic E-state index is 14.9. The van der Waals surface area contributed by atoms with Gasteiger partial charge in [-0.3, -0.25) is 9.47 Å². The molecule has 3 atom stereocenters. The maximum Gasteiger partial charge on any atom is 0.414 e. The summed E-state index contributed by atoms with van der Waals surface area (Å²) in [5.74, 6) is -3.62. The van der Waals surface area contributed by atoms with Gasteiger partial charge in [-0.05, 0) is 50.3 Å². The molecule has 0 amide bonds. The molecule has 2 aliphatic rings. The standard InChI is InChI=1S/C22H28F2N4O3.C2H2O4/c1-14-25-21(29)28(22(30)26(14)2)12-17(24)11-27-18-6-7-19(27)10-20(9-18)31-13-15-4-3-5-16(23)8-15;3-1(4)2(5)6/h3-5,8,17-20H,6-7,9-13H2,1-2H3;(H,3,4)(H,5,6)/t17-,18?,19?,20?;/m0./s1. The highest BCUT2D eigenvalue weighted by Gasteiger charge is 2.42. The quantitative estimate of drug-likeness (QED) is 0.509. The zero-order valence-electron chi connectivity index (χ0n) is 20.5. The molecule has 13 heteroatoms.